The molecule has 2 amide bonds. The van der Waals surface area contributed by atoms with Gasteiger partial charge in [0.1, 0.15) is 12.2 Å². The Morgan fingerprint density at radius 2 is 1.94 bits per heavy atom. The van der Waals surface area contributed by atoms with E-state index in [1.807, 2.05) is 6.92 Å². The van der Waals surface area contributed by atoms with Gasteiger partial charge in [0, 0.05) is 5.02 Å². The van der Waals surface area contributed by atoms with Gasteiger partial charge in [-0.2, -0.15) is 0 Å². The van der Waals surface area contributed by atoms with Crippen LogP contribution in [0.1, 0.15) is 12.5 Å². The van der Waals surface area contributed by atoms with Gasteiger partial charge in [0.25, 0.3) is 11.8 Å². The smallest absolute Gasteiger partial charge is 0.270 e. The molecule has 1 saturated heterocycles. The maximum Gasteiger partial charge on any atom is 0.270 e. The van der Waals surface area contributed by atoms with Gasteiger partial charge in [-0.15, -0.1) is 0 Å². The SMILES string of the molecule is C=CCOc1c(Br)cc(C=C2C(=O)NC(=S)N(c3ccc(Cl)cc3)C2=O)cc1OCC. The molecule has 1 N–H and O–H groups in total. The summed E-state index contributed by atoms with van der Waals surface area (Å²) in [6, 6.07) is 10.0. The molecule has 0 spiro atoms. The summed E-state index contributed by atoms with van der Waals surface area (Å²) in [4.78, 5) is 26.9. The lowest BCUT2D eigenvalue weighted by atomic mass is 10.1. The molecular formula is C22H18BrClN2O4S. The standard InChI is InChI=1S/C22H18BrClN2O4S/c1-3-9-30-19-17(23)11-13(12-18(19)29-4-2)10-16-20(27)25-22(31)26(21(16)28)15-7-5-14(24)6-8-15/h3,5-8,10-12H,1,4,9H2,2H3,(H,25,27,31). The average molecular weight is 522 g/mol. The van der Waals surface area contributed by atoms with Crippen molar-refractivity contribution in [3.8, 4) is 11.5 Å². The molecule has 1 aliphatic rings. The molecule has 2 aromatic carbocycles. The van der Waals surface area contributed by atoms with Crippen LogP contribution in [0, 0.1) is 0 Å². The van der Waals surface area contributed by atoms with Crippen LogP contribution in [0.2, 0.25) is 5.02 Å². The van der Waals surface area contributed by atoms with Crippen molar-refractivity contribution in [2.45, 2.75) is 6.92 Å². The number of nitrogens with one attached hydrogen (secondary N) is 1. The molecule has 0 radical (unpaired) electrons. The summed E-state index contributed by atoms with van der Waals surface area (Å²) in [6.45, 7) is 6.20. The van der Waals surface area contributed by atoms with Crippen LogP contribution in [0.3, 0.4) is 0 Å². The topological polar surface area (TPSA) is 67.9 Å². The van der Waals surface area contributed by atoms with E-state index in [2.05, 4.69) is 27.8 Å². The Labute approximate surface area is 198 Å². The zero-order chi connectivity index (χ0) is 22.5. The van der Waals surface area contributed by atoms with Crippen LogP contribution in [0.4, 0.5) is 5.69 Å². The molecule has 2 aromatic rings. The number of anilines is 1. The highest BCUT2D eigenvalue weighted by molar-refractivity contribution is 9.10. The van der Waals surface area contributed by atoms with Gasteiger partial charge in [-0.25, -0.2) is 0 Å². The number of hydrogen-bond acceptors (Lipinski definition) is 5. The summed E-state index contributed by atoms with van der Waals surface area (Å²) in [5.41, 5.74) is 0.996. The normalized spacial score (nSPS) is 15.1. The Bertz CT molecular complexity index is 1090. The fraction of sp³-hybridized carbons (Fsp3) is 0.136. The molecule has 3 rings (SSSR count). The quantitative estimate of drug-likeness (QED) is 0.243. The highest BCUT2D eigenvalue weighted by atomic mass is 79.9. The highest BCUT2D eigenvalue weighted by Gasteiger charge is 2.34. The van der Waals surface area contributed by atoms with E-state index in [9.17, 15) is 9.59 Å². The molecule has 1 heterocycles. The number of thiocarbonyl (C=S) groups is 1. The number of halogens is 2. The van der Waals surface area contributed by atoms with Crippen molar-refractivity contribution in [3.05, 3.63) is 69.7 Å². The van der Waals surface area contributed by atoms with Gasteiger partial charge < -0.3 is 9.47 Å². The summed E-state index contributed by atoms with van der Waals surface area (Å²) in [5.74, 6) is -0.148. The first kappa shape index (κ1) is 23.0. The van der Waals surface area contributed by atoms with Crippen molar-refractivity contribution in [1.82, 2.24) is 5.32 Å². The minimum Gasteiger partial charge on any atom is -0.490 e. The monoisotopic (exact) mass is 520 g/mol. The van der Waals surface area contributed by atoms with Crippen molar-refractivity contribution in [2.75, 3.05) is 18.1 Å². The fourth-order valence-corrected chi connectivity index (χ4v) is 3.85. The van der Waals surface area contributed by atoms with Gasteiger partial charge in [-0.1, -0.05) is 24.3 Å². The predicted octanol–water partition coefficient (Wildman–Crippen LogP) is 4.90. The van der Waals surface area contributed by atoms with Crippen molar-refractivity contribution >= 4 is 68.4 Å². The second-order valence-corrected chi connectivity index (χ2v) is 7.97. The first-order valence-corrected chi connectivity index (χ1v) is 10.8. The number of carbonyl (C=O) groups excluding carboxylic acids is 2. The lowest BCUT2D eigenvalue weighted by Crippen LogP contribution is -2.54. The number of amides is 2. The average Bonchev–Trinajstić information content (AvgIpc) is 2.72. The Morgan fingerprint density at radius 1 is 1.23 bits per heavy atom. The van der Waals surface area contributed by atoms with Crippen LogP contribution in [0.15, 0.2) is 59.1 Å². The van der Waals surface area contributed by atoms with Crippen LogP contribution >= 0.6 is 39.7 Å². The number of benzene rings is 2. The van der Waals surface area contributed by atoms with E-state index in [4.69, 9.17) is 33.3 Å². The lowest BCUT2D eigenvalue weighted by molar-refractivity contribution is -0.122. The molecule has 1 fully saturated rings. The molecule has 0 unspecified atom stereocenters. The van der Waals surface area contributed by atoms with Crippen molar-refractivity contribution in [3.63, 3.8) is 0 Å². The van der Waals surface area contributed by atoms with E-state index in [0.29, 0.717) is 45.5 Å². The summed E-state index contributed by atoms with van der Waals surface area (Å²) in [6.07, 6.45) is 3.10. The van der Waals surface area contributed by atoms with E-state index in [0.717, 1.165) is 0 Å². The van der Waals surface area contributed by atoms with E-state index < -0.39 is 11.8 Å². The number of rotatable bonds is 7. The molecule has 0 aromatic heterocycles. The molecule has 9 heteroatoms. The van der Waals surface area contributed by atoms with Gasteiger partial charge in [-0.05, 0) is 83.1 Å². The number of carbonyl (C=O) groups is 2. The molecule has 1 aliphatic heterocycles. The molecule has 0 aliphatic carbocycles. The third-order valence-electron chi connectivity index (χ3n) is 4.17. The summed E-state index contributed by atoms with van der Waals surface area (Å²) in [5, 5.41) is 3.07. The van der Waals surface area contributed by atoms with Gasteiger partial charge in [0.2, 0.25) is 0 Å². The van der Waals surface area contributed by atoms with Crippen LogP contribution in [0.25, 0.3) is 6.08 Å². The second-order valence-electron chi connectivity index (χ2n) is 6.30. The Morgan fingerprint density at radius 3 is 2.58 bits per heavy atom. The van der Waals surface area contributed by atoms with Crippen LogP contribution in [0.5, 0.6) is 11.5 Å². The minimum atomic E-state index is -0.582. The van der Waals surface area contributed by atoms with Crippen LogP contribution in [-0.4, -0.2) is 30.1 Å². The predicted molar refractivity (Wildman–Crippen MR) is 129 cm³/mol. The Balaban J connectivity index is 2.01. The summed E-state index contributed by atoms with van der Waals surface area (Å²) < 4.78 is 11.9. The number of hydrogen-bond donors (Lipinski definition) is 1. The number of ether oxygens (including phenoxy) is 2. The van der Waals surface area contributed by atoms with E-state index in [1.54, 1.807) is 42.5 Å². The Hall–Kier alpha value is -2.68. The largest absolute Gasteiger partial charge is 0.490 e. The maximum atomic E-state index is 13.1. The second kappa shape index (κ2) is 10.1. The van der Waals surface area contributed by atoms with Crippen LogP contribution in [-0.2, 0) is 9.59 Å². The van der Waals surface area contributed by atoms with Crippen LogP contribution < -0.4 is 19.7 Å². The molecule has 31 heavy (non-hydrogen) atoms. The van der Waals surface area contributed by atoms with Crippen molar-refractivity contribution < 1.29 is 19.1 Å². The third kappa shape index (κ3) is 5.15. The zero-order valence-corrected chi connectivity index (χ0v) is 19.6. The lowest BCUT2D eigenvalue weighted by Gasteiger charge is -2.29. The van der Waals surface area contributed by atoms with Crippen molar-refractivity contribution in [2.24, 2.45) is 0 Å². The van der Waals surface area contributed by atoms with Gasteiger partial charge in [0.05, 0.1) is 16.8 Å². The fourth-order valence-electron chi connectivity index (χ4n) is 2.87. The maximum absolute atomic E-state index is 13.1. The molecule has 0 atom stereocenters. The van der Waals surface area contributed by atoms with Gasteiger partial charge >= 0.3 is 0 Å². The first-order chi connectivity index (χ1) is 14.8. The third-order valence-corrected chi connectivity index (χ3v) is 5.30. The summed E-state index contributed by atoms with van der Waals surface area (Å²) >= 11 is 14.6. The molecule has 160 valence electrons. The number of nitrogens with zero attached hydrogens (tertiary/aromatic N) is 1. The van der Waals surface area contributed by atoms with Gasteiger partial charge in [-0.3, -0.25) is 19.8 Å². The van der Waals surface area contributed by atoms with E-state index >= 15 is 0 Å². The molecular weight excluding hydrogens is 504 g/mol. The molecule has 0 bridgehead atoms. The van der Waals surface area contributed by atoms with Crippen molar-refractivity contribution in [1.29, 1.82) is 0 Å². The Kier molecular flexibility index (Phi) is 7.48. The van der Waals surface area contributed by atoms with E-state index in [-0.39, 0.29) is 10.7 Å². The van der Waals surface area contributed by atoms with E-state index in [1.165, 1.54) is 11.0 Å². The highest BCUT2D eigenvalue weighted by Crippen LogP contribution is 2.38. The van der Waals surface area contributed by atoms with Gasteiger partial charge in [0.15, 0.2) is 16.6 Å². The zero-order valence-electron chi connectivity index (χ0n) is 16.5. The molecule has 0 saturated carbocycles. The molecule has 6 nitrogen and oxygen atoms in total. The minimum absolute atomic E-state index is 0.00108. The summed E-state index contributed by atoms with van der Waals surface area (Å²) in [7, 11) is 0. The first-order valence-electron chi connectivity index (χ1n) is 9.22.